The Morgan fingerprint density at radius 2 is 2.06 bits per heavy atom. The summed E-state index contributed by atoms with van der Waals surface area (Å²) < 4.78 is 5.06. The molecule has 1 aliphatic carbocycles. The number of hydrogen-bond donors (Lipinski definition) is 1. The van der Waals surface area contributed by atoms with Gasteiger partial charge >= 0.3 is 0 Å². The molecule has 1 N–H and O–H groups in total. The van der Waals surface area contributed by atoms with Crippen LogP contribution in [-0.2, 0) is 4.74 Å². The Morgan fingerprint density at radius 3 is 2.69 bits per heavy atom. The minimum atomic E-state index is -0.401. The summed E-state index contributed by atoms with van der Waals surface area (Å²) in [5, 5.41) is 10.5. The van der Waals surface area contributed by atoms with E-state index in [9.17, 15) is 5.11 Å². The lowest BCUT2D eigenvalue weighted by Crippen LogP contribution is -2.28. The van der Waals surface area contributed by atoms with Crippen LogP contribution in [0.4, 0.5) is 0 Å². The fourth-order valence-electron chi connectivity index (χ4n) is 2.88. The monoisotopic (exact) mass is 228 g/mol. The summed E-state index contributed by atoms with van der Waals surface area (Å²) in [6.07, 6.45) is 7.54. The Hall–Kier alpha value is -0.0800. The molecule has 0 aliphatic heterocycles. The molecule has 0 spiro atoms. The van der Waals surface area contributed by atoms with Crippen LogP contribution < -0.4 is 0 Å². The van der Waals surface area contributed by atoms with Crippen LogP contribution in [0.5, 0.6) is 0 Å². The molecule has 16 heavy (non-hydrogen) atoms. The lowest BCUT2D eigenvalue weighted by Gasteiger charge is -2.27. The standard InChI is InChI=1S/C14H28O2/c1-12(2)13-6-4-8-14(15,10-7-13)9-5-11-16-3/h12-13,15H,4-11H2,1-3H3. The number of ether oxygens (including phenoxy) is 1. The van der Waals surface area contributed by atoms with Crippen molar-refractivity contribution in [1.82, 2.24) is 0 Å². The van der Waals surface area contributed by atoms with Crippen LogP contribution in [0, 0.1) is 11.8 Å². The first-order chi connectivity index (χ1) is 7.57. The average Bonchev–Trinajstić information content (AvgIpc) is 2.41. The first-order valence-electron chi connectivity index (χ1n) is 6.79. The lowest BCUT2D eigenvalue weighted by molar-refractivity contribution is 0.00726. The molecule has 1 aliphatic rings. The maximum absolute atomic E-state index is 10.5. The third kappa shape index (κ3) is 4.42. The molecule has 2 nitrogen and oxygen atoms in total. The third-order valence-corrected chi connectivity index (χ3v) is 4.13. The highest BCUT2D eigenvalue weighted by Gasteiger charge is 2.30. The second kappa shape index (κ2) is 6.61. The van der Waals surface area contributed by atoms with Crippen LogP contribution in [0.3, 0.4) is 0 Å². The summed E-state index contributed by atoms with van der Waals surface area (Å²) in [4.78, 5) is 0. The summed E-state index contributed by atoms with van der Waals surface area (Å²) in [7, 11) is 1.73. The first kappa shape index (κ1) is 14.0. The number of aliphatic hydroxyl groups is 1. The summed E-state index contributed by atoms with van der Waals surface area (Å²) in [6, 6.07) is 0. The Bertz CT molecular complexity index is 191. The van der Waals surface area contributed by atoms with Crippen LogP contribution >= 0.6 is 0 Å². The number of methoxy groups -OCH3 is 1. The van der Waals surface area contributed by atoms with Gasteiger partial charge in [-0.3, -0.25) is 0 Å². The minimum absolute atomic E-state index is 0.401. The van der Waals surface area contributed by atoms with Gasteiger partial charge in [0, 0.05) is 13.7 Å². The van der Waals surface area contributed by atoms with Crippen molar-refractivity contribution in [3.63, 3.8) is 0 Å². The lowest BCUT2D eigenvalue weighted by atomic mass is 9.86. The van der Waals surface area contributed by atoms with E-state index in [-0.39, 0.29) is 0 Å². The van der Waals surface area contributed by atoms with Crippen molar-refractivity contribution in [2.75, 3.05) is 13.7 Å². The SMILES string of the molecule is COCCCC1(O)CCCC(C(C)C)CC1. The zero-order valence-corrected chi connectivity index (χ0v) is 11.2. The van der Waals surface area contributed by atoms with Crippen LogP contribution in [0.1, 0.15) is 58.8 Å². The molecule has 0 aromatic heterocycles. The fraction of sp³-hybridized carbons (Fsp3) is 1.00. The predicted octanol–water partition coefficient (Wildman–Crippen LogP) is 3.38. The largest absolute Gasteiger partial charge is 0.390 e. The first-order valence-corrected chi connectivity index (χ1v) is 6.79. The molecule has 0 aromatic carbocycles. The van der Waals surface area contributed by atoms with Crippen molar-refractivity contribution < 1.29 is 9.84 Å². The average molecular weight is 228 g/mol. The van der Waals surface area contributed by atoms with Gasteiger partial charge in [-0.25, -0.2) is 0 Å². The maximum Gasteiger partial charge on any atom is 0.0648 e. The summed E-state index contributed by atoms with van der Waals surface area (Å²) in [6.45, 7) is 5.38. The van der Waals surface area contributed by atoms with E-state index >= 15 is 0 Å². The van der Waals surface area contributed by atoms with Gasteiger partial charge in [0.2, 0.25) is 0 Å². The molecule has 2 atom stereocenters. The molecular formula is C14H28O2. The summed E-state index contributed by atoms with van der Waals surface area (Å²) >= 11 is 0. The van der Waals surface area contributed by atoms with Gasteiger partial charge in [0.15, 0.2) is 0 Å². The second-order valence-corrected chi connectivity index (χ2v) is 5.76. The van der Waals surface area contributed by atoms with Crippen LogP contribution in [-0.4, -0.2) is 24.4 Å². The van der Waals surface area contributed by atoms with Gasteiger partial charge in [-0.2, -0.15) is 0 Å². The van der Waals surface area contributed by atoms with Crippen LogP contribution in [0.2, 0.25) is 0 Å². The van der Waals surface area contributed by atoms with Crippen molar-refractivity contribution in [2.45, 2.75) is 64.4 Å². The van der Waals surface area contributed by atoms with Gasteiger partial charge in [0.05, 0.1) is 5.60 Å². The highest BCUT2D eigenvalue weighted by Crippen LogP contribution is 2.36. The summed E-state index contributed by atoms with van der Waals surface area (Å²) in [5.41, 5.74) is -0.401. The van der Waals surface area contributed by atoms with Crippen molar-refractivity contribution in [3.8, 4) is 0 Å². The molecule has 0 amide bonds. The molecule has 1 saturated carbocycles. The van der Waals surface area contributed by atoms with E-state index in [0.717, 1.165) is 44.1 Å². The topological polar surface area (TPSA) is 29.5 Å². The van der Waals surface area contributed by atoms with Gasteiger partial charge in [-0.05, 0) is 43.9 Å². The van der Waals surface area contributed by atoms with E-state index in [1.165, 1.54) is 19.3 Å². The number of hydrogen-bond acceptors (Lipinski definition) is 2. The fourth-order valence-corrected chi connectivity index (χ4v) is 2.88. The third-order valence-electron chi connectivity index (χ3n) is 4.13. The van der Waals surface area contributed by atoms with Gasteiger partial charge in [0.1, 0.15) is 0 Å². The van der Waals surface area contributed by atoms with Crippen LogP contribution in [0.25, 0.3) is 0 Å². The molecule has 96 valence electrons. The predicted molar refractivity (Wildman–Crippen MR) is 67.5 cm³/mol. The Kier molecular flexibility index (Phi) is 5.77. The molecule has 0 heterocycles. The van der Waals surface area contributed by atoms with Gasteiger partial charge in [-0.15, -0.1) is 0 Å². The molecule has 0 aromatic rings. The smallest absolute Gasteiger partial charge is 0.0648 e. The van der Waals surface area contributed by atoms with E-state index in [1.54, 1.807) is 7.11 Å². The van der Waals surface area contributed by atoms with E-state index < -0.39 is 5.60 Å². The van der Waals surface area contributed by atoms with E-state index in [1.807, 2.05) is 0 Å². The quantitative estimate of drug-likeness (QED) is 0.577. The molecular weight excluding hydrogens is 200 g/mol. The van der Waals surface area contributed by atoms with Gasteiger partial charge in [-0.1, -0.05) is 26.7 Å². The molecule has 2 unspecified atom stereocenters. The Morgan fingerprint density at radius 1 is 1.31 bits per heavy atom. The van der Waals surface area contributed by atoms with Gasteiger partial charge in [0.25, 0.3) is 0 Å². The summed E-state index contributed by atoms with van der Waals surface area (Å²) in [5.74, 6) is 1.58. The van der Waals surface area contributed by atoms with E-state index in [4.69, 9.17) is 4.74 Å². The minimum Gasteiger partial charge on any atom is -0.390 e. The number of rotatable bonds is 5. The van der Waals surface area contributed by atoms with Crippen LogP contribution in [0.15, 0.2) is 0 Å². The normalized spacial score (nSPS) is 31.7. The highest BCUT2D eigenvalue weighted by atomic mass is 16.5. The zero-order valence-electron chi connectivity index (χ0n) is 11.2. The highest BCUT2D eigenvalue weighted by molar-refractivity contribution is 4.83. The van der Waals surface area contributed by atoms with Crippen molar-refractivity contribution in [1.29, 1.82) is 0 Å². The molecule has 2 heteroatoms. The zero-order chi connectivity index (χ0) is 12.0. The van der Waals surface area contributed by atoms with Crippen molar-refractivity contribution in [2.24, 2.45) is 11.8 Å². The van der Waals surface area contributed by atoms with Crippen molar-refractivity contribution >= 4 is 0 Å². The van der Waals surface area contributed by atoms with Crippen molar-refractivity contribution in [3.05, 3.63) is 0 Å². The Balaban J connectivity index is 2.38. The van der Waals surface area contributed by atoms with E-state index in [2.05, 4.69) is 13.8 Å². The van der Waals surface area contributed by atoms with Gasteiger partial charge < -0.3 is 9.84 Å². The second-order valence-electron chi connectivity index (χ2n) is 5.76. The molecule has 1 rings (SSSR count). The molecule has 0 saturated heterocycles. The molecule has 0 bridgehead atoms. The maximum atomic E-state index is 10.5. The molecule has 1 fully saturated rings. The Labute approximate surface area is 100 Å². The molecule has 0 radical (unpaired) electrons. The van der Waals surface area contributed by atoms with E-state index in [0.29, 0.717) is 0 Å².